The van der Waals surface area contributed by atoms with Crippen molar-refractivity contribution in [2.45, 2.75) is 61.4 Å². The molecule has 3 aromatic rings. The Morgan fingerprint density at radius 2 is 1.16 bits per heavy atom. The number of aromatic hydroxyl groups is 3. The van der Waals surface area contributed by atoms with Crippen molar-refractivity contribution < 1.29 is 79.5 Å². The average Bonchev–Trinajstić information content (AvgIpc) is 3.01. The summed E-state index contributed by atoms with van der Waals surface area (Å²) in [5, 5.41) is 112. The van der Waals surface area contributed by atoms with Crippen LogP contribution in [0.3, 0.4) is 0 Å². The highest BCUT2D eigenvalue weighted by Crippen LogP contribution is 2.51. The van der Waals surface area contributed by atoms with E-state index in [1.54, 1.807) is 0 Å². The van der Waals surface area contributed by atoms with Crippen molar-refractivity contribution in [2.24, 2.45) is 0 Å². The number of rotatable bonds is 7. The lowest BCUT2D eigenvalue weighted by atomic mass is 9.99. The molecular formula is C27H30O17. The zero-order valence-electron chi connectivity index (χ0n) is 22.4. The minimum atomic E-state index is -2.01. The quantitative estimate of drug-likeness (QED) is 0.124. The highest BCUT2D eigenvalue weighted by molar-refractivity contribution is 5.95. The van der Waals surface area contributed by atoms with Crippen molar-refractivity contribution in [3.8, 4) is 40.1 Å². The fourth-order valence-electron chi connectivity index (χ4n) is 4.86. The first-order chi connectivity index (χ1) is 20.9. The lowest BCUT2D eigenvalue weighted by molar-refractivity contribution is -0.279. The van der Waals surface area contributed by atoms with E-state index < -0.39 is 114 Å². The molecule has 10 atom stereocenters. The van der Waals surface area contributed by atoms with Gasteiger partial charge in [0, 0.05) is 11.6 Å². The van der Waals surface area contributed by atoms with E-state index in [0.29, 0.717) is 0 Å². The predicted octanol–water partition coefficient (Wildman–Crippen LogP) is -3.07. The largest absolute Gasteiger partial charge is 0.508 e. The molecule has 240 valence electrons. The molecule has 2 fully saturated rings. The molecule has 44 heavy (non-hydrogen) atoms. The number of phenols is 3. The molecule has 2 aromatic carbocycles. The molecule has 0 unspecified atom stereocenters. The lowest BCUT2D eigenvalue weighted by Gasteiger charge is -2.40. The Bertz CT molecular complexity index is 1540. The smallest absolute Gasteiger partial charge is 0.229 e. The molecule has 1 aromatic heterocycles. The SMILES string of the molecule is O=c1cc(-c2ccc(O)cc2)oc2c(O[C@@H]3O[C@H](CO)[C@@H](O)[C@H](O)[C@@H]3O)c(O)c(O[C@@H]3O[C@H](CO)[C@@H](O)[C@@H](O)[C@H]3O)c(O)c12. The molecule has 5 rings (SSSR count). The van der Waals surface area contributed by atoms with Crippen LogP contribution in [-0.2, 0) is 9.47 Å². The van der Waals surface area contributed by atoms with Crippen LogP contribution in [0.15, 0.2) is 39.5 Å². The van der Waals surface area contributed by atoms with Crippen molar-refractivity contribution in [1.82, 2.24) is 0 Å². The first-order valence-corrected chi connectivity index (χ1v) is 13.2. The number of benzene rings is 2. The minimum absolute atomic E-state index is 0.103. The summed E-state index contributed by atoms with van der Waals surface area (Å²) in [5.74, 6) is -4.28. The molecule has 2 saturated heterocycles. The van der Waals surface area contributed by atoms with Gasteiger partial charge >= 0.3 is 0 Å². The summed E-state index contributed by atoms with van der Waals surface area (Å²) in [4.78, 5) is 13.3. The van der Waals surface area contributed by atoms with E-state index in [1.807, 2.05) is 0 Å². The van der Waals surface area contributed by atoms with E-state index in [4.69, 9.17) is 23.4 Å². The van der Waals surface area contributed by atoms with Gasteiger partial charge in [-0.25, -0.2) is 0 Å². The first kappa shape index (κ1) is 31.7. The van der Waals surface area contributed by atoms with Crippen LogP contribution < -0.4 is 14.9 Å². The predicted molar refractivity (Wildman–Crippen MR) is 142 cm³/mol. The van der Waals surface area contributed by atoms with E-state index in [1.165, 1.54) is 24.3 Å². The Morgan fingerprint density at radius 1 is 0.659 bits per heavy atom. The lowest BCUT2D eigenvalue weighted by Crippen LogP contribution is -2.60. The molecule has 11 N–H and O–H groups in total. The molecule has 0 saturated carbocycles. The number of fused-ring (bicyclic) bond motifs is 1. The summed E-state index contributed by atoms with van der Waals surface area (Å²) < 4.78 is 27.5. The Morgan fingerprint density at radius 3 is 1.66 bits per heavy atom. The number of phenolic OH excluding ortho intramolecular Hbond substituents is 3. The second-order valence-corrected chi connectivity index (χ2v) is 10.2. The van der Waals surface area contributed by atoms with Gasteiger partial charge in [0.05, 0.1) is 13.2 Å². The Hall–Kier alpha value is -3.75. The molecule has 0 radical (unpaired) electrons. The number of aliphatic hydroxyl groups is 8. The van der Waals surface area contributed by atoms with Crippen LogP contribution >= 0.6 is 0 Å². The summed E-state index contributed by atoms with van der Waals surface area (Å²) in [6.45, 7) is -1.67. The molecular weight excluding hydrogens is 596 g/mol. The summed E-state index contributed by atoms with van der Waals surface area (Å²) in [6, 6.07) is 6.29. The highest BCUT2D eigenvalue weighted by Gasteiger charge is 2.47. The zero-order chi connectivity index (χ0) is 32.0. The van der Waals surface area contributed by atoms with Crippen LogP contribution in [0.5, 0.6) is 28.7 Å². The maximum atomic E-state index is 13.3. The van der Waals surface area contributed by atoms with E-state index >= 15 is 0 Å². The minimum Gasteiger partial charge on any atom is -0.508 e. The van der Waals surface area contributed by atoms with Crippen LogP contribution in [-0.4, -0.2) is 131 Å². The summed E-state index contributed by atoms with van der Waals surface area (Å²) in [6.07, 6.45) is -18.2. The van der Waals surface area contributed by atoms with Gasteiger partial charge < -0.3 is 79.5 Å². The van der Waals surface area contributed by atoms with Gasteiger partial charge in [0.2, 0.25) is 29.8 Å². The Balaban J connectivity index is 1.67. The molecule has 2 aliphatic heterocycles. The van der Waals surface area contributed by atoms with Crippen LogP contribution in [0.25, 0.3) is 22.3 Å². The van der Waals surface area contributed by atoms with Gasteiger partial charge in [-0.2, -0.15) is 0 Å². The molecule has 17 heteroatoms. The van der Waals surface area contributed by atoms with Crippen LogP contribution in [0, 0.1) is 0 Å². The van der Waals surface area contributed by atoms with Crippen LogP contribution in [0.1, 0.15) is 0 Å². The molecule has 2 aliphatic rings. The molecule has 0 amide bonds. The third-order valence-corrected chi connectivity index (χ3v) is 7.35. The molecule has 0 spiro atoms. The number of hydrogen-bond donors (Lipinski definition) is 11. The van der Waals surface area contributed by atoms with Gasteiger partial charge in [0.15, 0.2) is 16.8 Å². The van der Waals surface area contributed by atoms with E-state index in [2.05, 4.69) is 0 Å². The third kappa shape index (κ3) is 5.50. The van der Waals surface area contributed by atoms with Gasteiger partial charge in [-0.3, -0.25) is 4.79 Å². The van der Waals surface area contributed by atoms with Crippen molar-refractivity contribution in [1.29, 1.82) is 0 Å². The molecule has 17 nitrogen and oxygen atoms in total. The van der Waals surface area contributed by atoms with E-state index in [-0.39, 0.29) is 17.1 Å². The average molecular weight is 627 g/mol. The summed E-state index contributed by atoms with van der Waals surface area (Å²) in [5.41, 5.74) is -1.33. The zero-order valence-corrected chi connectivity index (χ0v) is 22.4. The standard InChI is InChI=1S/C27H30O17/c28-6-12-15(32)18(35)20(37)26(41-12)43-24-17(34)14-10(31)5-11(8-1-3-9(30)4-2-8)40-23(14)25(22(24)39)44-27-21(38)19(36)16(33)13(7-29)42-27/h1-5,12-13,15-16,18-21,26-30,32-39H,6-7H2/t12-,13-,15-,16-,18-,19+,20-,21+,26+,27+/m1/s1. The highest BCUT2D eigenvalue weighted by atomic mass is 16.7. The summed E-state index contributed by atoms with van der Waals surface area (Å²) >= 11 is 0. The van der Waals surface area contributed by atoms with Gasteiger partial charge in [-0.1, -0.05) is 0 Å². The number of ether oxygens (including phenoxy) is 4. The molecule has 3 heterocycles. The maximum absolute atomic E-state index is 13.3. The normalized spacial score (nSPS) is 32.5. The monoisotopic (exact) mass is 626 g/mol. The van der Waals surface area contributed by atoms with Gasteiger partial charge in [-0.05, 0) is 24.3 Å². The van der Waals surface area contributed by atoms with Gasteiger partial charge in [0.25, 0.3) is 0 Å². The number of aliphatic hydroxyl groups excluding tert-OH is 8. The van der Waals surface area contributed by atoms with Crippen LogP contribution in [0.4, 0.5) is 0 Å². The maximum Gasteiger partial charge on any atom is 0.229 e. The molecule has 0 bridgehead atoms. The van der Waals surface area contributed by atoms with Crippen LogP contribution in [0.2, 0.25) is 0 Å². The van der Waals surface area contributed by atoms with Crippen molar-refractivity contribution in [2.75, 3.05) is 13.2 Å². The van der Waals surface area contributed by atoms with Crippen molar-refractivity contribution in [3.05, 3.63) is 40.6 Å². The Kier molecular flexibility index (Phi) is 8.87. The fraction of sp³-hybridized carbons (Fsp3) is 0.444. The Labute approximate surface area is 246 Å². The number of hydrogen-bond acceptors (Lipinski definition) is 17. The molecule has 0 aliphatic carbocycles. The van der Waals surface area contributed by atoms with Gasteiger partial charge in [0.1, 0.15) is 65.7 Å². The summed E-state index contributed by atoms with van der Waals surface area (Å²) in [7, 11) is 0. The van der Waals surface area contributed by atoms with E-state index in [0.717, 1.165) is 6.07 Å². The second kappa shape index (κ2) is 12.3. The van der Waals surface area contributed by atoms with E-state index in [9.17, 15) is 61.0 Å². The fourth-order valence-corrected chi connectivity index (χ4v) is 4.86. The third-order valence-electron chi connectivity index (χ3n) is 7.35. The first-order valence-electron chi connectivity index (χ1n) is 13.2. The topological polar surface area (TPSA) is 290 Å². The van der Waals surface area contributed by atoms with Crippen molar-refractivity contribution in [3.63, 3.8) is 0 Å². The second-order valence-electron chi connectivity index (χ2n) is 10.2. The van der Waals surface area contributed by atoms with Gasteiger partial charge in [-0.15, -0.1) is 0 Å². The van der Waals surface area contributed by atoms with Crippen molar-refractivity contribution >= 4 is 11.0 Å².